The fourth-order valence-electron chi connectivity index (χ4n) is 2.73. The predicted molar refractivity (Wildman–Crippen MR) is 74.1 cm³/mol. The lowest BCUT2D eigenvalue weighted by atomic mass is 9.64. The summed E-state index contributed by atoms with van der Waals surface area (Å²) in [5.74, 6) is 1.60. The summed E-state index contributed by atoms with van der Waals surface area (Å²) in [7, 11) is 0. The van der Waals surface area contributed by atoms with Crippen molar-refractivity contribution >= 4 is 5.69 Å². The number of hydrogen-bond donors (Lipinski definition) is 2. The van der Waals surface area contributed by atoms with Gasteiger partial charge in [-0.15, -0.1) is 0 Å². The number of hydrogen-bond acceptors (Lipinski definition) is 2. The zero-order valence-corrected chi connectivity index (χ0v) is 11.2. The summed E-state index contributed by atoms with van der Waals surface area (Å²) in [4.78, 5) is 0. The van der Waals surface area contributed by atoms with Crippen molar-refractivity contribution in [3.63, 3.8) is 0 Å². The highest BCUT2D eigenvalue weighted by molar-refractivity contribution is 5.53. The standard InChI is InChI=1S/C15H24N2/c1-11(2)13-8-15(9-13,10-16)17-14-7-5-4-6-12(14)3/h4-7,11,13,17H,8-10,16H2,1-3H3. The van der Waals surface area contributed by atoms with Crippen molar-refractivity contribution in [2.75, 3.05) is 11.9 Å². The van der Waals surface area contributed by atoms with E-state index in [4.69, 9.17) is 5.73 Å². The summed E-state index contributed by atoms with van der Waals surface area (Å²) in [5.41, 5.74) is 8.64. The normalized spacial score (nSPS) is 27.9. The van der Waals surface area contributed by atoms with Crippen molar-refractivity contribution in [2.24, 2.45) is 17.6 Å². The molecule has 1 aliphatic rings. The van der Waals surface area contributed by atoms with Crippen LogP contribution in [0.5, 0.6) is 0 Å². The van der Waals surface area contributed by atoms with Gasteiger partial charge in [0, 0.05) is 12.2 Å². The van der Waals surface area contributed by atoms with Crippen molar-refractivity contribution in [1.82, 2.24) is 0 Å². The topological polar surface area (TPSA) is 38.0 Å². The number of rotatable bonds is 4. The minimum absolute atomic E-state index is 0.140. The second-order valence-electron chi connectivity index (χ2n) is 5.84. The van der Waals surface area contributed by atoms with Gasteiger partial charge in [0.2, 0.25) is 0 Å². The SMILES string of the molecule is Cc1ccccc1NC1(CN)CC(C(C)C)C1. The molecule has 0 heterocycles. The van der Waals surface area contributed by atoms with E-state index >= 15 is 0 Å². The fraction of sp³-hybridized carbons (Fsp3) is 0.600. The van der Waals surface area contributed by atoms with E-state index in [-0.39, 0.29) is 5.54 Å². The Balaban J connectivity index is 2.05. The molecular weight excluding hydrogens is 208 g/mol. The molecule has 0 spiro atoms. The van der Waals surface area contributed by atoms with Crippen LogP contribution in [0.2, 0.25) is 0 Å². The molecule has 2 rings (SSSR count). The summed E-state index contributed by atoms with van der Waals surface area (Å²) >= 11 is 0. The van der Waals surface area contributed by atoms with E-state index in [2.05, 4.69) is 50.4 Å². The van der Waals surface area contributed by atoms with Gasteiger partial charge in [-0.25, -0.2) is 0 Å². The molecule has 17 heavy (non-hydrogen) atoms. The number of para-hydroxylation sites is 1. The van der Waals surface area contributed by atoms with Crippen LogP contribution >= 0.6 is 0 Å². The predicted octanol–water partition coefficient (Wildman–Crippen LogP) is 3.17. The molecule has 0 atom stereocenters. The minimum Gasteiger partial charge on any atom is -0.378 e. The van der Waals surface area contributed by atoms with Gasteiger partial charge in [0.15, 0.2) is 0 Å². The van der Waals surface area contributed by atoms with Gasteiger partial charge in [-0.05, 0) is 43.2 Å². The third kappa shape index (κ3) is 2.47. The van der Waals surface area contributed by atoms with E-state index in [0.29, 0.717) is 0 Å². The molecule has 1 aromatic carbocycles. The number of anilines is 1. The summed E-state index contributed by atoms with van der Waals surface area (Å²) in [6, 6.07) is 8.45. The molecule has 0 aromatic heterocycles. The Morgan fingerprint density at radius 1 is 1.35 bits per heavy atom. The van der Waals surface area contributed by atoms with Crippen LogP contribution in [0.1, 0.15) is 32.3 Å². The van der Waals surface area contributed by atoms with Crippen LogP contribution in [0.25, 0.3) is 0 Å². The molecule has 1 aromatic rings. The summed E-state index contributed by atoms with van der Waals surface area (Å²) in [6.07, 6.45) is 2.41. The van der Waals surface area contributed by atoms with Gasteiger partial charge in [0.05, 0.1) is 5.54 Å². The van der Waals surface area contributed by atoms with Gasteiger partial charge in [-0.2, -0.15) is 0 Å². The zero-order chi connectivity index (χ0) is 12.5. The fourth-order valence-corrected chi connectivity index (χ4v) is 2.73. The molecule has 1 saturated carbocycles. The van der Waals surface area contributed by atoms with E-state index in [1.165, 1.54) is 24.1 Å². The molecule has 0 unspecified atom stereocenters. The van der Waals surface area contributed by atoms with Gasteiger partial charge >= 0.3 is 0 Å². The Morgan fingerprint density at radius 2 is 2.00 bits per heavy atom. The van der Waals surface area contributed by atoms with Crippen LogP contribution in [0.15, 0.2) is 24.3 Å². The lowest BCUT2D eigenvalue weighted by Gasteiger charge is -2.50. The lowest BCUT2D eigenvalue weighted by molar-refractivity contribution is 0.129. The van der Waals surface area contributed by atoms with Crippen molar-refractivity contribution in [3.05, 3.63) is 29.8 Å². The van der Waals surface area contributed by atoms with E-state index in [1.54, 1.807) is 0 Å². The molecule has 0 aliphatic heterocycles. The Labute approximate surface area is 105 Å². The number of aryl methyl sites for hydroxylation is 1. The Hall–Kier alpha value is -1.02. The molecule has 2 heteroatoms. The molecule has 3 N–H and O–H groups in total. The van der Waals surface area contributed by atoms with E-state index in [9.17, 15) is 0 Å². The van der Waals surface area contributed by atoms with Gasteiger partial charge in [-0.3, -0.25) is 0 Å². The Kier molecular flexibility index (Phi) is 3.43. The van der Waals surface area contributed by atoms with Crippen molar-refractivity contribution < 1.29 is 0 Å². The highest BCUT2D eigenvalue weighted by Crippen LogP contribution is 2.43. The average Bonchev–Trinajstić information content (AvgIpc) is 2.25. The Bertz CT molecular complexity index is 378. The smallest absolute Gasteiger partial charge is 0.0501 e. The Morgan fingerprint density at radius 3 is 2.53 bits per heavy atom. The van der Waals surface area contributed by atoms with E-state index < -0.39 is 0 Å². The maximum atomic E-state index is 5.97. The van der Waals surface area contributed by atoms with Crippen LogP contribution in [0, 0.1) is 18.8 Å². The monoisotopic (exact) mass is 232 g/mol. The third-order valence-corrected chi connectivity index (χ3v) is 4.18. The quantitative estimate of drug-likeness (QED) is 0.836. The second-order valence-corrected chi connectivity index (χ2v) is 5.84. The largest absolute Gasteiger partial charge is 0.378 e. The number of benzene rings is 1. The molecule has 2 nitrogen and oxygen atoms in total. The molecule has 0 radical (unpaired) electrons. The van der Waals surface area contributed by atoms with Gasteiger partial charge in [0.1, 0.15) is 0 Å². The minimum atomic E-state index is 0.140. The van der Waals surface area contributed by atoms with E-state index in [1.807, 2.05) is 0 Å². The van der Waals surface area contributed by atoms with Crippen LogP contribution in [-0.4, -0.2) is 12.1 Å². The molecule has 0 amide bonds. The lowest BCUT2D eigenvalue weighted by Crippen LogP contribution is -2.56. The highest BCUT2D eigenvalue weighted by atomic mass is 15.0. The van der Waals surface area contributed by atoms with Crippen LogP contribution in [-0.2, 0) is 0 Å². The van der Waals surface area contributed by atoms with Crippen molar-refractivity contribution in [3.8, 4) is 0 Å². The average molecular weight is 232 g/mol. The second kappa shape index (κ2) is 4.69. The zero-order valence-electron chi connectivity index (χ0n) is 11.2. The molecule has 0 bridgehead atoms. The van der Waals surface area contributed by atoms with Crippen LogP contribution in [0.4, 0.5) is 5.69 Å². The summed E-state index contributed by atoms with van der Waals surface area (Å²) in [6.45, 7) is 7.48. The van der Waals surface area contributed by atoms with Crippen LogP contribution in [0.3, 0.4) is 0 Å². The number of nitrogens with one attached hydrogen (secondary N) is 1. The van der Waals surface area contributed by atoms with Crippen molar-refractivity contribution in [1.29, 1.82) is 0 Å². The summed E-state index contributed by atoms with van der Waals surface area (Å²) < 4.78 is 0. The molecular formula is C15H24N2. The van der Waals surface area contributed by atoms with Gasteiger partial charge in [0.25, 0.3) is 0 Å². The van der Waals surface area contributed by atoms with Gasteiger partial charge < -0.3 is 11.1 Å². The van der Waals surface area contributed by atoms with Crippen LogP contribution < -0.4 is 11.1 Å². The molecule has 1 fully saturated rings. The first-order valence-electron chi connectivity index (χ1n) is 6.60. The first-order chi connectivity index (χ1) is 8.06. The van der Waals surface area contributed by atoms with E-state index in [0.717, 1.165) is 18.4 Å². The molecule has 1 aliphatic carbocycles. The summed E-state index contributed by atoms with van der Waals surface area (Å²) in [5, 5.41) is 3.67. The maximum Gasteiger partial charge on any atom is 0.0501 e. The maximum absolute atomic E-state index is 5.97. The third-order valence-electron chi connectivity index (χ3n) is 4.18. The van der Waals surface area contributed by atoms with Gasteiger partial charge in [-0.1, -0.05) is 32.0 Å². The molecule has 0 saturated heterocycles. The highest BCUT2D eigenvalue weighted by Gasteiger charge is 2.44. The van der Waals surface area contributed by atoms with Crippen molar-refractivity contribution in [2.45, 2.75) is 39.2 Å². The first kappa shape index (κ1) is 12.4. The first-order valence-corrected chi connectivity index (χ1v) is 6.60. The number of nitrogens with two attached hydrogens (primary N) is 1. The molecule has 94 valence electrons.